The summed E-state index contributed by atoms with van der Waals surface area (Å²) >= 11 is 1.60. The summed E-state index contributed by atoms with van der Waals surface area (Å²) < 4.78 is 5.41. The van der Waals surface area contributed by atoms with Crippen molar-refractivity contribution in [1.29, 1.82) is 0 Å². The maximum Gasteiger partial charge on any atom is 0.237 e. The number of carbonyl (C=O) groups excluding carboxylic acids is 1. The van der Waals surface area contributed by atoms with Crippen LogP contribution in [-0.2, 0) is 11.3 Å². The molecule has 1 unspecified atom stereocenters. The van der Waals surface area contributed by atoms with Crippen molar-refractivity contribution in [3.05, 3.63) is 35.3 Å². The SMILES string of the molecule is COc1ccccc1-c1ncc(CNC(=O)C2CC3CCN2CC3)s1. The van der Waals surface area contributed by atoms with Gasteiger partial charge in [0.15, 0.2) is 0 Å². The average molecular weight is 357 g/mol. The molecule has 2 aromatic rings. The molecule has 5 rings (SSSR count). The Kier molecular flexibility index (Phi) is 4.72. The van der Waals surface area contributed by atoms with Gasteiger partial charge >= 0.3 is 0 Å². The van der Waals surface area contributed by atoms with Crippen molar-refractivity contribution in [3.63, 3.8) is 0 Å². The molecular weight excluding hydrogens is 334 g/mol. The minimum absolute atomic E-state index is 0.0640. The number of para-hydroxylation sites is 1. The Balaban J connectivity index is 1.39. The van der Waals surface area contributed by atoms with E-state index >= 15 is 0 Å². The lowest BCUT2D eigenvalue weighted by Gasteiger charge is -2.44. The number of rotatable bonds is 5. The van der Waals surface area contributed by atoms with Gasteiger partial charge in [0.25, 0.3) is 0 Å². The number of amides is 1. The topological polar surface area (TPSA) is 54.5 Å². The second-order valence-electron chi connectivity index (χ2n) is 6.78. The summed E-state index contributed by atoms with van der Waals surface area (Å²) in [5.74, 6) is 1.72. The Morgan fingerprint density at radius 2 is 2.16 bits per heavy atom. The van der Waals surface area contributed by atoms with Crippen molar-refractivity contribution < 1.29 is 9.53 Å². The maximum absolute atomic E-state index is 12.5. The number of ether oxygens (including phenoxy) is 1. The molecule has 0 aliphatic carbocycles. The monoisotopic (exact) mass is 357 g/mol. The van der Waals surface area contributed by atoms with E-state index in [1.54, 1.807) is 18.4 Å². The van der Waals surface area contributed by atoms with Crippen LogP contribution in [0.3, 0.4) is 0 Å². The van der Waals surface area contributed by atoms with E-state index in [9.17, 15) is 4.79 Å². The summed E-state index contributed by atoms with van der Waals surface area (Å²) in [5, 5.41) is 4.02. The van der Waals surface area contributed by atoms with Gasteiger partial charge < -0.3 is 10.1 Å². The number of nitrogens with zero attached hydrogens (tertiary/aromatic N) is 2. The molecule has 0 saturated carbocycles. The van der Waals surface area contributed by atoms with Crippen LogP contribution in [0.15, 0.2) is 30.5 Å². The standard InChI is InChI=1S/C19H23N3O2S/c1-24-17-5-3-2-4-15(17)19-21-12-14(25-19)11-20-18(23)16-10-13-6-8-22(16)9-7-13/h2-5,12-13,16H,6-11H2,1H3,(H,20,23). The number of fused-ring (bicyclic) bond motifs is 3. The lowest BCUT2D eigenvalue weighted by molar-refractivity contribution is -0.130. The van der Waals surface area contributed by atoms with Crippen LogP contribution in [0.2, 0.25) is 0 Å². The van der Waals surface area contributed by atoms with E-state index in [1.807, 2.05) is 30.5 Å². The van der Waals surface area contributed by atoms with Gasteiger partial charge in [0.05, 0.1) is 25.3 Å². The fourth-order valence-electron chi connectivity index (χ4n) is 3.87. The number of hydrogen-bond donors (Lipinski definition) is 1. The molecule has 1 aromatic heterocycles. The van der Waals surface area contributed by atoms with Crippen molar-refractivity contribution in [2.45, 2.75) is 31.8 Å². The quantitative estimate of drug-likeness (QED) is 0.894. The first-order chi connectivity index (χ1) is 12.2. The van der Waals surface area contributed by atoms with Crippen LogP contribution in [0.1, 0.15) is 24.1 Å². The van der Waals surface area contributed by atoms with E-state index in [-0.39, 0.29) is 11.9 Å². The van der Waals surface area contributed by atoms with E-state index in [1.165, 1.54) is 12.8 Å². The first-order valence-electron chi connectivity index (χ1n) is 8.84. The molecule has 6 heteroatoms. The van der Waals surface area contributed by atoms with Crippen molar-refractivity contribution >= 4 is 17.2 Å². The number of hydrogen-bond acceptors (Lipinski definition) is 5. The zero-order chi connectivity index (χ0) is 17.2. The highest BCUT2D eigenvalue weighted by molar-refractivity contribution is 7.15. The van der Waals surface area contributed by atoms with E-state index < -0.39 is 0 Å². The Morgan fingerprint density at radius 1 is 1.36 bits per heavy atom. The minimum Gasteiger partial charge on any atom is -0.496 e. The van der Waals surface area contributed by atoms with Crippen LogP contribution in [0.5, 0.6) is 5.75 Å². The molecule has 2 bridgehead atoms. The van der Waals surface area contributed by atoms with Gasteiger partial charge in [-0.15, -0.1) is 11.3 Å². The normalized spacial score (nSPS) is 24.9. The van der Waals surface area contributed by atoms with Crippen LogP contribution in [0, 0.1) is 5.92 Å². The third-order valence-corrected chi connectivity index (χ3v) is 6.31. The van der Waals surface area contributed by atoms with Gasteiger partial charge in [-0.05, 0) is 50.4 Å². The molecule has 0 radical (unpaired) electrons. The number of carbonyl (C=O) groups is 1. The fraction of sp³-hybridized carbons (Fsp3) is 0.474. The smallest absolute Gasteiger partial charge is 0.237 e. The summed E-state index contributed by atoms with van der Waals surface area (Å²) in [6, 6.07) is 7.93. The Morgan fingerprint density at radius 3 is 2.88 bits per heavy atom. The van der Waals surface area contributed by atoms with E-state index in [0.717, 1.165) is 46.6 Å². The molecule has 5 nitrogen and oxygen atoms in total. The molecule has 3 fully saturated rings. The number of thiazole rings is 1. The van der Waals surface area contributed by atoms with Crippen molar-refractivity contribution in [3.8, 4) is 16.3 Å². The third-order valence-electron chi connectivity index (χ3n) is 5.28. The molecule has 3 aliphatic heterocycles. The summed E-state index contributed by atoms with van der Waals surface area (Å²) in [6.45, 7) is 2.68. The molecule has 1 atom stereocenters. The zero-order valence-corrected chi connectivity index (χ0v) is 15.2. The molecule has 1 amide bonds. The number of benzene rings is 1. The maximum atomic E-state index is 12.5. The Labute approximate surface area is 152 Å². The first-order valence-corrected chi connectivity index (χ1v) is 9.66. The van der Waals surface area contributed by atoms with Crippen LogP contribution in [0.25, 0.3) is 10.6 Å². The van der Waals surface area contributed by atoms with Gasteiger partial charge in [0, 0.05) is 11.1 Å². The molecular formula is C19H23N3O2S. The van der Waals surface area contributed by atoms with Gasteiger partial charge in [-0.2, -0.15) is 0 Å². The van der Waals surface area contributed by atoms with Crippen molar-refractivity contribution in [1.82, 2.24) is 15.2 Å². The summed E-state index contributed by atoms with van der Waals surface area (Å²) in [6.07, 6.45) is 5.36. The highest BCUT2D eigenvalue weighted by Gasteiger charge is 2.37. The van der Waals surface area contributed by atoms with E-state index in [0.29, 0.717) is 6.54 Å². The number of nitrogens with one attached hydrogen (secondary N) is 1. The molecule has 1 N–H and O–H groups in total. The van der Waals surface area contributed by atoms with Crippen LogP contribution < -0.4 is 10.1 Å². The summed E-state index contributed by atoms with van der Waals surface area (Å²) in [5.41, 5.74) is 0.989. The molecule has 1 aromatic carbocycles. The minimum atomic E-state index is 0.0640. The molecule has 3 aliphatic rings. The van der Waals surface area contributed by atoms with Crippen molar-refractivity contribution in [2.75, 3.05) is 20.2 Å². The van der Waals surface area contributed by atoms with Gasteiger partial charge in [-0.3, -0.25) is 9.69 Å². The predicted octanol–water partition coefficient (Wildman–Crippen LogP) is 2.92. The fourth-order valence-corrected chi connectivity index (χ4v) is 4.75. The Bertz CT molecular complexity index is 753. The zero-order valence-electron chi connectivity index (χ0n) is 14.4. The van der Waals surface area contributed by atoms with Gasteiger partial charge in [-0.25, -0.2) is 4.98 Å². The largest absolute Gasteiger partial charge is 0.496 e. The number of methoxy groups -OCH3 is 1. The average Bonchev–Trinajstić information content (AvgIpc) is 3.15. The van der Waals surface area contributed by atoms with Crippen LogP contribution in [-0.4, -0.2) is 42.0 Å². The van der Waals surface area contributed by atoms with E-state index in [2.05, 4.69) is 15.2 Å². The molecule has 4 heterocycles. The summed E-state index contributed by atoms with van der Waals surface area (Å²) in [4.78, 5) is 20.4. The molecule has 3 saturated heterocycles. The highest BCUT2D eigenvalue weighted by atomic mass is 32.1. The number of aromatic nitrogens is 1. The second-order valence-corrected chi connectivity index (χ2v) is 7.90. The highest BCUT2D eigenvalue weighted by Crippen LogP contribution is 2.33. The second kappa shape index (κ2) is 7.14. The number of piperidine rings is 3. The van der Waals surface area contributed by atoms with Crippen LogP contribution in [0.4, 0.5) is 0 Å². The molecule has 25 heavy (non-hydrogen) atoms. The van der Waals surface area contributed by atoms with Crippen LogP contribution >= 0.6 is 11.3 Å². The van der Waals surface area contributed by atoms with Gasteiger partial charge in [0.1, 0.15) is 10.8 Å². The summed E-state index contributed by atoms with van der Waals surface area (Å²) in [7, 11) is 1.67. The Hall–Kier alpha value is -1.92. The molecule has 0 spiro atoms. The van der Waals surface area contributed by atoms with Gasteiger partial charge in [-0.1, -0.05) is 12.1 Å². The van der Waals surface area contributed by atoms with Gasteiger partial charge in [0.2, 0.25) is 5.91 Å². The molecule has 132 valence electrons. The predicted molar refractivity (Wildman–Crippen MR) is 98.7 cm³/mol. The first kappa shape index (κ1) is 16.5. The third kappa shape index (κ3) is 3.41. The van der Waals surface area contributed by atoms with E-state index in [4.69, 9.17) is 4.74 Å². The van der Waals surface area contributed by atoms with Crippen molar-refractivity contribution in [2.24, 2.45) is 5.92 Å². The lowest BCUT2D eigenvalue weighted by atomic mass is 9.83. The lowest BCUT2D eigenvalue weighted by Crippen LogP contribution is -2.55.